The number of nitrogens with zero attached hydrogens (tertiary/aromatic N) is 2. The summed E-state index contributed by atoms with van der Waals surface area (Å²) in [6.45, 7) is 5.46. The van der Waals surface area contributed by atoms with Gasteiger partial charge >= 0.3 is 5.97 Å². The SMILES string of the molecule is CCOCCn1ncc(C(=O)O)c1C. The zero-order valence-corrected chi connectivity index (χ0v) is 8.36. The Morgan fingerprint density at radius 2 is 2.43 bits per heavy atom. The van der Waals surface area contributed by atoms with Gasteiger partial charge < -0.3 is 9.84 Å². The number of carboxylic acids is 1. The molecule has 0 aromatic carbocycles. The van der Waals surface area contributed by atoms with Crippen molar-refractivity contribution in [3.63, 3.8) is 0 Å². The van der Waals surface area contributed by atoms with Gasteiger partial charge in [-0.25, -0.2) is 4.79 Å². The van der Waals surface area contributed by atoms with Gasteiger partial charge in [0.05, 0.1) is 19.3 Å². The number of rotatable bonds is 5. The van der Waals surface area contributed by atoms with Crippen LogP contribution in [0.4, 0.5) is 0 Å². The standard InChI is InChI=1S/C9H14N2O3/c1-3-14-5-4-11-7(2)8(6-10-11)9(12)13/h6H,3-5H2,1-2H3,(H,12,13). The topological polar surface area (TPSA) is 64.4 Å². The van der Waals surface area contributed by atoms with Crippen LogP contribution in [0.2, 0.25) is 0 Å². The Bertz CT molecular complexity index is 320. The number of hydrogen-bond acceptors (Lipinski definition) is 3. The maximum Gasteiger partial charge on any atom is 0.339 e. The molecule has 0 bridgehead atoms. The smallest absolute Gasteiger partial charge is 0.339 e. The molecule has 0 saturated carbocycles. The minimum Gasteiger partial charge on any atom is -0.478 e. The molecule has 78 valence electrons. The van der Waals surface area contributed by atoms with E-state index in [0.29, 0.717) is 25.5 Å². The summed E-state index contributed by atoms with van der Waals surface area (Å²) in [5, 5.41) is 12.7. The van der Waals surface area contributed by atoms with Gasteiger partial charge in [-0.15, -0.1) is 0 Å². The van der Waals surface area contributed by atoms with Crippen LogP contribution in [-0.4, -0.2) is 34.1 Å². The van der Waals surface area contributed by atoms with Gasteiger partial charge in [0.25, 0.3) is 0 Å². The Hall–Kier alpha value is -1.36. The fourth-order valence-electron chi connectivity index (χ4n) is 1.18. The first-order valence-corrected chi connectivity index (χ1v) is 4.50. The molecule has 1 heterocycles. The van der Waals surface area contributed by atoms with E-state index in [-0.39, 0.29) is 5.56 Å². The molecule has 0 saturated heterocycles. The van der Waals surface area contributed by atoms with E-state index in [1.165, 1.54) is 6.20 Å². The summed E-state index contributed by atoms with van der Waals surface area (Å²) in [6, 6.07) is 0. The van der Waals surface area contributed by atoms with Crippen molar-refractivity contribution in [2.24, 2.45) is 0 Å². The number of carbonyl (C=O) groups is 1. The second kappa shape index (κ2) is 4.76. The highest BCUT2D eigenvalue weighted by Crippen LogP contribution is 2.06. The highest BCUT2D eigenvalue weighted by atomic mass is 16.5. The average Bonchev–Trinajstić information content (AvgIpc) is 2.48. The largest absolute Gasteiger partial charge is 0.478 e. The first-order chi connectivity index (χ1) is 6.66. The molecule has 1 aromatic heterocycles. The van der Waals surface area contributed by atoms with Gasteiger partial charge in [0, 0.05) is 12.3 Å². The van der Waals surface area contributed by atoms with Crippen molar-refractivity contribution in [1.29, 1.82) is 0 Å². The Labute approximate surface area is 82.3 Å². The summed E-state index contributed by atoms with van der Waals surface area (Å²) in [6.07, 6.45) is 1.36. The zero-order valence-electron chi connectivity index (χ0n) is 8.36. The molecule has 0 amide bonds. The fourth-order valence-corrected chi connectivity index (χ4v) is 1.18. The van der Waals surface area contributed by atoms with Crippen molar-refractivity contribution in [2.45, 2.75) is 20.4 Å². The maximum absolute atomic E-state index is 10.7. The van der Waals surface area contributed by atoms with E-state index in [4.69, 9.17) is 9.84 Å². The molecule has 0 atom stereocenters. The molecule has 0 unspecified atom stereocenters. The van der Waals surface area contributed by atoms with E-state index in [1.807, 2.05) is 6.92 Å². The lowest BCUT2D eigenvalue weighted by atomic mass is 10.3. The van der Waals surface area contributed by atoms with Crippen LogP contribution in [0.15, 0.2) is 6.20 Å². The molecule has 0 aliphatic heterocycles. The summed E-state index contributed by atoms with van der Waals surface area (Å²) in [5.41, 5.74) is 0.915. The highest BCUT2D eigenvalue weighted by molar-refractivity contribution is 5.88. The zero-order chi connectivity index (χ0) is 10.6. The van der Waals surface area contributed by atoms with Gasteiger partial charge in [0.15, 0.2) is 0 Å². The van der Waals surface area contributed by atoms with Crippen LogP contribution >= 0.6 is 0 Å². The lowest BCUT2D eigenvalue weighted by molar-refractivity contribution is 0.0695. The van der Waals surface area contributed by atoms with Gasteiger partial charge in [-0.2, -0.15) is 5.10 Å². The molecule has 1 rings (SSSR count). The molecule has 1 N–H and O–H groups in total. The lowest BCUT2D eigenvalue weighted by Crippen LogP contribution is -2.09. The van der Waals surface area contributed by atoms with Crippen molar-refractivity contribution in [1.82, 2.24) is 9.78 Å². The first kappa shape index (κ1) is 10.7. The summed E-state index contributed by atoms with van der Waals surface area (Å²) in [4.78, 5) is 10.7. The molecule has 5 heteroatoms. The Balaban J connectivity index is 2.65. The van der Waals surface area contributed by atoms with Gasteiger partial charge in [-0.05, 0) is 13.8 Å². The second-order valence-corrected chi connectivity index (χ2v) is 2.87. The van der Waals surface area contributed by atoms with Gasteiger partial charge in [0.2, 0.25) is 0 Å². The molecular weight excluding hydrogens is 184 g/mol. The quantitative estimate of drug-likeness (QED) is 0.715. The first-order valence-electron chi connectivity index (χ1n) is 4.50. The Kier molecular flexibility index (Phi) is 3.64. The summed E-state index contributed by atoms with van der Waals surface area (Å²) in [5.74, 6) is -0.940. The predicted molar refractivity (Wildman–Crippen MR) is 50.4 cm³/mol. The van der Waals surface area contributed by atoms with E-state index in [1.54, 1.807) is 11.6 Å². The van der Waals surface area contributed by atoms with Crippen molar-refractivity contribution in [3.8, 4) is 0 Å². The van der Waals surface area contributed by atoms with Gasteiger partial charge in [-0.3, -0.25) is 4.68 Å². The van der Waals surface area contributed by atoms with E-state index in [0.717, 1.165) is 0 Å². The number of aromatic carboxylic acids is 1. The van der Waals surface area contributed by atoms with Crippen LogP contribution in [0, 0.1) is 6.92 Å². The third-order valence-electron chi connectivity index (χ3n) is 1.99. The fraction of sp³-hybridized carbons (Fsp3) is 0.556. The molecular formula is C9H14N2O3. The number of ether oxygens (including phenoxy) is 1. The van der Waals surface area contributed by atoms with E-state index < -0.39 is 5.97 Å². The van der Waals surface area contributed by atoms with E-state index in [2.05, 4.69) is 5.10 Å². The molecule has 0 aliphatic carbocycles. The average molecular weight is 198 g/mol. The third-order valence-corrected chi connectivity index (χ3v) is 1.99. The van der Waals surface area contributed by atoms with Crippen LogP contribution in [0.1, 0.15) is 23.0 Å². The van der Waals surface area contributed by atoms with Crippen molar-refractivity contribution in [3.05, 3.63) is 17.5 Å². The Morgan fingerprint density at radius 3 is 2.93 bits per heavy atom. The number of carboxylic acid groups (broad SMARTS) is 1. The predicted octanol–water partition coefficient (Wildman–Crippen LogP) is 0.926. The lowest BCUT2D eigenvalue weighted by Gasteiger charge is -2.04. The van der Waals surface area contributed by atoms with Crippen LogP contribution in [0.25, 0.3) is 0 Å². The molecule has 0 aliphatic rings. The molecule has 0 spiro atoms. The minimum absolute atomic E-state index is 0.251. The minimum atomic E-state index is -0.940. The summed E-state index contributed by atoms with van der Waals surface area (Å²) in [7, 11) is 0. The summed E-state index contributed by atoms with van der Waals surface area (Å²) >= 11 is 0. The Morgan fingerprint density at radius 1 is 1.71 bits per heavy atom. The normalized spacial score (nSPS) is 10.4. The molecule has 1 aromatic rings. The molecule has 14 heavy (non-hydrogen) atoms. The summed E-state index contributed by atoms with van der Waals surface area (Å²) < 4.78 is 6.79. The maximum atomic E-state index is 10.7. The monoisotopic (exact) mass is 198 g/mol. The number of aromatic nitrogens is 2. The van der Waals surface area contributed by atoms with Crippen molar-refractivity contribution >= 4 is 5.97 Å². The molecule has 0 fully saturated rings. The van der Waals surface area contributed by atoms with Crippen molar-refractivity contribution in [2.75, 3.05) is 13.2 Å². The third kappa shape index (κ3) is 2.32. The highest BCUT2D eigenvalue weighted by Gasteiger charge is 2.11. The van der Waals surface area contributed by atoms with Crippen LogP contribution in [0.3, 0.4) is 0 Å². The van der Waals surface area contributed by atoms with Crippen LogP contribution < -0.4 is 0 Å². The molecule has 0 radical (unpaired) electrons. The van der Waals surface area contributed by atoms with Gasteiger partial charge in [0.1, 0.15) is 5.56 Å². The second-order valence-electron chi connectivity index (χ2n) is 2.87. The van der Waals surface area contributed by atoms with E-state index >= 15 is 0 Å². The van der Waals surface area contributed by atoms with Gasteiger partial charge in [-0.1, -0.05) is 0 Å². The van der Waals surface area contributed by atoms with Crippen LogP contribution in [0.5, 0.6) is 0 Å². The van der Waals surface area contributed by atoms with E-state index in [9.17, 15) is 4.79 Å². The van der Waals surface area contributed by atoms with Crippen LogP contribution in [-0.2, 0) is 11.3 Å². The number of hydrogen-bond donors (Lipinski definition) is 1. The molecule has 5 nitrogen and oxygen atoms in total. The van der Waals surface area contributed by atoms with Crippen molar-refractivity contribution < 1.29 is 14.6 Å².